The van der Waals surface area contributed by atoms with E-state index >= 15 is 0 Å². The Hall–Kier alpha value is -5.23. The summed E-state index contributed by atoms with van der Waals surface area (Å²) in [5, 5.41) is 16.1. The largest absolute Gasteiger partial charge is 0.497 e. The Morgan fingerprint density at radius 3 is 1.82 bits per heavy atom. The highest BCUT2D eigenvalue weighted by molar-refractivity contribution is 5.27. The number of hydrogen-bond acceptors (Lipinski definition) is 13. The fourth-order valence-electron chi connectivity index (χ4n) is 8.17. The quantitative estimate of drug-likeness (QED) is 0.0308. The minimum Gasteiger partial charge on any atom is -0.497 e. The average Bonchev–Trinajstić information content (AvgIpc) is 3.37. The number of ether oxygens (including phenoxy) is 11. The van der Waals surface area contributed by atoms with Crippen molar-refractivity contribution in [2.24, 2.45) is 5.11 Å². The first-order valence-electron chi connectivity index (χ1n) is 22.3. The van der Waals surface area contributed by atoms with Crippen molar-refractivity contribution >= 4 is 0 Å². The van der Waals surface area contributed by atoms with E-state index in [1.54, 1.807) is 7.11 Å². The molecule has 0 amide bonds. The second kappa shape index (κ2) is 24.5. The molecule has 348 valence electrons. The van der Waals surface area contributed by atoms with Gasteiger partial charge in [0.25, 0.3) is 0 Å². The fourth-order valence-corrected chi connectivity index (χ4v) is 8.17. The third kappa shape index (κ3) is 12.8. The Morgan fingerprint density at radius 2 is 1.20 bits per heavy atom. The summed E-state index contributed by atoms with van der Waals surface area (Å²) in [5.74, 6) is 0.713. The van der Waals surface area contributed by atoms with Crippen LogP contribution in [-0.4, -0.2) is 100.0 Å². The number of hydrogen-bond donors (Lipinski definition) is 1. The molecule has 3 fully saturated rings. The van der Waals surface area contributed by atoms with Crippen molar-refractivity contribution in [3.8, 4) is 5.75 Å². The second-order valence-electron chi connectivity index (χ2n) is 16.2. The van der Waals surface area contributed by atoms with Crippen molar-refractivity contribution in [3.05, 3.63) is 184 Å². The van der Waals surface area contributed by atoms with E-state index in [0.717, 1.165) is 27.8 Å². The molecule has 0 aromatic heterocycles. The first-order valence-corrected chi connectivity index (χ1v) is 22.3. The van der Waals surface area contributed by atoms with Crippen LogP contribution >= 0.6 is 0 Å². The zero-order valence-electron chi connectivity index (χ0n) is 36.9. The van der Waals surface area contributed by atoms with Crippen LogP contribution in [0, 0.1) is 0 Å². The van der Waals surface area contributed by atoms with Crippen LogP contribution in [0.25, 0.3) is 10.4 Å². The zero-order chi connectivity index (χ0) is 45.3. The Labute approximate surface area is 384 Å². The average molecular weight is 904 g/mol. The molecule has 0 spiro atoms. The number of aliphatic hydroxyl groups excluding tert-OH is 1. The number of benzene rings is 5. The van der Waals surface area contributed by atoms with Gasteiger partial charge in [0.1, 0.15) is 54.6 Å². The molecule has 5 aromatic carbocycles. The lowest BCUT2D eigenvalue weighted by molar-refractivity contribution is -0.393. The monoisotopic (exact) mass is 903 g/mol. The number of methoxy groups -OCH3 is 1. The molecule has 15 heteroatoms. The maximum atomic E-state index is 12.5. The van der Waals surface area contributed by atoms with Crippen LogP contribution in [0.5, 0.6) is 5.75 Å². The Morgan fingerprint density at radius 1 is 0.621 bits per heavy atom. The fraction of sp³-hybridized carbons (Fsp3) is 0.412. The second-order valence-corrected chi connectivity index (χ2v) is 16.2. The molecule has 1 N–H and O–H groups in total. The maximum Gasteiger partial charge on any atom is 0.187 e. The van der Waals surface area contributed by atoms with Crippen molar-refractivity contribution in [1.82, 2.24) is 0 Å². The SMILES string of the molecule is COc1ccc(CO[C@@H]2[C@@H](O)[C@H](O[C@H]3[C@H](OCc4ccccc4)[C@@H](OCc4ccccc4)[C@H](OCCCN=[N+]=[N-])O[C@@H]3COCc3ccccc3)O[C@@H]3COC(c4ccccc4)O[C@H]23)cc1. The Balaban J connectivity index is 1.11. The molecule has 66 heavy (non-hydrogen) atoms. The topological polar surface area (TPSA) is 171 Å². The van der Waals surface area contributed by atoms with Gasteiger partial charge in [0.15, 0.2) is 18.9 Å². The third-order valence-electron chi connectivity index (χ3n) is 11.6. The van der Waals surface area contributed by atoms with E-state index < -0.39 is 67.7 Å². The van der Waals surface area contributed by atoms with Gasteiger partial charge in [-0.05, 0) is 46.3 Å². The molecule has 15 nitrogen and oxygen atoms in total. The minimum atomic E-state index is -1.36. The van der Waals surface area contributed by atoms with E-state index in [9.17, 15) is 5.11 Å². The van der Waals surface area contributed by atoms with Gasteiger partial charge in [0.2, 0.25) is 0 Å². The third-order valence-corrected chi connectivity index (χ3v) is 11.6. The molecular formula is C51H57N3O12. The normalized spacial score (nSPS) is 27.3. The molecule has 3 aliphatic heterocycles. The van der Waals surface area contributed by atoms with Gasteiger partial charge in [-0.15, -0.1) is 0 Å². The van der Waals surface area contributed by atoms with Crippen molar-refractivity contribution in [2.45, 2.75) is 101 Å². The lowest BCUT2D eigenvalue weighted by Gasteiger charge is -2.50. The molecule has 3 aliphatic rings. The van der Waals surface area contributed by atoms with Gasteiger partial charge >= 0.3 is 0 Å². The Kier molecular flexibility index (Phi) is 17.6. The molecule has 8 rings (SSSR count). The molecule has 5 aromatic rings. The van der Waals surface area contributed by atoms with Crippen molar-refractivity contribution in [3.63, 3.8) is 0 Å². The van der Waals surface area contributed by atoms with Crippen LogP contribution in [0.2, 0.25) is 0 Å². The summed E-state index contributed by atoms with van der Waals surface area (Å²) >= 11 is 0. The number of fused-ring (bicyclic) bond motifs is 1. The molecular weight excluding hydrogens is 847 g/mol. The minimum absolute atomic E-state index is 0.0476. The van der Waals surface area contributed by atoms with Crippen LogP contribution in [0.15, 0.2) is 151 Å². The molecule has 0 aliphatic carbocycles. The van der Waals surface area contributed by atoms with E-state index in [1.807, 2.05) is 146 Å². The summed E-state index contributed by atoms with van der Waals surface area (Å²) in [7, 11) is 1.61. The van der Waals surface area contributed by atoms with E-state index in [4.69, 9.17) is 57.6 Å². The van der Waals surface area contributed by atoms with Crippen LogP contribution in [0.4, 0.5) is 0 Å². The molecule has 0 radical (unpaired) electrons. The van der Waals surface area contributed by atoms with E-state index in [-0.39, 0.29) is 46.2 Å². The number of nitrogens with zero attached hydrogens (tertiary/aromatic N) is 3. The first kappa shape index (κ1) is 47.3. The van der Waals surface area contributed by atoms with Gasteiger partial charge < -0.3 is 57.2 Å². The Bertz CT molecular complexity index is 2210. The van der Waals surface area contributed by atoms with Gasteiger partial charge in [-0.1, -0.05) is 139 Å². The van der Waals surface area contributed by atoms with Crippen molar-refractivity contribution in [1.29, 1.82) is 0 Å². The highest BCUT2D eigenvalue weighted by atomic mass is 16.8. The molecule has 3 saturated heterocycles. The molecule has 3 heterocycles. The van der Waals surface area contributed by atoms with Gasteiger partial charge in [-0.2, -0.15) is 0 Å². The van der Waals surface area contributed by atoms with Crippen LogP contribution in [-0.2, 0) is 73.8 Å². The first-order chi connectivity index (χ1) is 32.6. The van der Waals surface area contributed by atoms with Gasteiger partial charge in [-0.25, -0.2) is 0 Å². The predicted molar refractivity (Wildman–Crippen MR) is 240 cm³/mol. The van der Waals surface area contributed by atoms with Gasteiger partial charge in [0.05, 0.1) is 46.8 Å². The summed E-state index contributed by atoms with van der Waals surface area (Å²) in [5.41, 5.74) is 13.4. The standard InChI is InChI=1S/C51H57N3O12/c1-56-40-25-23-38(24-26-40)32-59-46-43(55)50(63-42-34-62-49(65-44(42)46)39-21-12-5-13-22-39)66-45-41(33-57-29-35-15-6-2-7-16-35)64-51(58-28-14-27-53-54-52)48(61-31-37-19-10-4-11-20-37)47(45)60-30-36-17-8-3-9-18-36/h2-13,15-26,41-51,55H,14,27-34H2,1H3/t41-,42-,43-,44+,45-,46-,47+,48-,49?,50+,51-/m1/s1. The van der Waals surface area contributed by atoms with E-state index in [0.29, 0.717) is 18.8 Å². The summed E-state index contributed by atoms with van der Waals surface area (Å²) in [4.78, 5) is 2.89. The van der Waals surface area contributed by atoms with E-state index in [1.165, 1.54) is 0 Å². The summed E-state index contributed by atoms with van der Waals surface area (Å²) in [6.45, 7) is 1.45. The van der Waals surface area contributed by atoms with Gasteiger partial charge in [-0.3, -0.25) is 0 Å². The lowest BCUT2D eigenvalue weighted by atomic mass is 9.95. The molecule has 1 unspecified atom stereocenters. The van der Waals surface area contributed by atoms with Crippen LogP contribution < -0.4 is 4.74 Å². The lowest BCUT2D eigenvalue weighted by Crippen LogP contribution is -2.67. The summed E-state index contributed by atoms with van der Waals surface area (Å²) in [6.07, 6.45) is -9.78. The zero-order valence-corrected chi connectivity index (χ0v) is 36.9. The van der Waals surface area contributed by atoms with Crippen LogP contribution in [0.1, 0.15) is 40.5 Å². The number of rotatable bonds is 22. The van der Waals surface area contributed by atoms with Crippen molar-refractivity contribution < 1.29 is 57.2 Å². The number of azide groups is 1. The summed E-state index contributed by atoms with van der Waals surface area (Å²) < 4.78 is 71.7. The van der Waals surface area contributed by atoms with Gasteiger partial charge in [0, 0.05) is 23.6 Å². The molecule has 0 bridgehead atoms. The highest BCUT2D eigenvalue weighted by Crippen LogP contribution is 2.39. The molecule has 11 atom stereocenters. The number of aliphatic hydroxyl groups is 1. The molecule has 0 saturated carbocycles. The maximum absolute atomic E-state index is 12.5. The highest BCUT2D eigenvalue weighted by Gasteiger charge is 2.55. The smallest absolute Gasteiger partial charge is 0.187 e. The van der Waals surface area contributed by atoms with Crippen LogP contribution in [0.3, 0.4) is 0 Å². The van der Waals surface area contributed by atoms with E-state index in [2.05, 4.69) is 10.0 Å². The summed E-state index contributed by atoms with van der Waals surface area (Å²) in [6, 6.07) is 46.5. The predicted octanol–water partition coefficient (Wildman–Crippen LogP) is 8.00. The van der Waals surface area contributed by atoms with Crippen molar-refractivity contribution in [2.75, 3.05) is 33.5 Å².